The summed E-state index contributed by atoms with van der Waals surface area (Å²) in [6.07, 6.45) is 8.47. The Kier molecular flexibility index (Phi) is 6.08. The fourth-order valence-corrected chi connectivity index (χ4v) is 6.59. The molecule has 36 heavy (non-hydrogen) atoms. The van der Waals surface area contributed by atoms with Crippen LogP contribution in [-0.2, 0) is 19.1 Å². The molecule has 4 aliphatic rings. The first-order valence-electron chi connectivity index (χ1n) is 12.8. The molecule has 192 valence electrons. The Labute approximate surface area is 212 Å². The van der Waals surface area contributed by atoms with Gasteiger partial charge in [0.1, 0.15) is 11.6 Å². The molecule has 0 bridgehead atoms. The normalized spacial score (nSPS) is 33.5. The highest BCUT2D eigenvalue weighted by Gasteiger charge is 2.75. The van der Waals surface area contributed by atoms with Crippen LogP contribution >= 0.6 is 0 Å². The average Bonchev–Trinajstić information content (AvgIpc) is 3.15. The molecule has 4 heterocycles. The van der Waals surface area contributed by atoms with E-state index >= 15 is 0 Å². The standard InChI is InChI=1S/C28H35N3O5/c1-5-27-11-6-13-29(4)24(33)21(27)22-25(34)31(15-8-16-32)23-26(35)30(14-7-12-28(22,23)36-27)20-17-18(2)9-10-19(20)3/h6-7,9-12,17,21-23,32H,5,8,13-16H2,1-4H3/t21-,22+,23?,27+,28+/m1/s1. The van der Waals surface area contributed by atoms with Gasteiger partial charge in [0, 0.05) is 39.0 Å². The van der Waals surface area contributed by atoms with Crippen molar-refractivity contribution in [1.29, 1.82) is 0 Å². The van der Waals surface area contributed by atoms with E-state index in [-0.39, 0.29) is 30.9 Å². The van der Waals surface area contributed by atoms with Gasteiger partial charge in [0.05, 0.1) is 17.4 Å². The molecule has 1 aromatic carbocycles. The van der Waals surface area contributed by atoms with E-state index < -0.39 is 29.1 Å². The molecule has 4 aliphatic heterocycles. The van der Waals surface area contributed by atoms with Crippen LogP contribution in [0, 0.1) is 25.7 Å². The quantitative estimate of drug-likeness (QED) is 0.634. The highest BCUT2D eigenvalue weighted by atomic mass is 16.5. The van der Waals surface area contributed by atoms with Gasteiger partial charge >= 0.3 is 0 Å². The SMILES string of the molecule is CC[C@]12C=CCN(C)C(=O)[C@H]1[C@H]1C(=O)N(CCCO)C3C(=O)N(c4cc(C)ccc4C)CC=C[C@@]31O2. The lowest BCUT2D eigenvalue weighted by molar-refractivity contribution is -0.149. The second-order valence-corrected chi connectivity index (χ2v) is 10.5. The summed E-state index contributed by atoms with van der Waals surface area (Å²) in [6, 6.07) is 5.06. The number of aryl methyl sites for hydroxylation is 2. The number of amides is 3. The zero-order valence-corrected chi connectivity index (χ0v) is 21.4. The summed E-state index contributed by atoms with van der Waals surface area (Å²) in [5.74, 6) is -2.18. The van der Waals surface area contributed by atoms with E-state index in [4.69, 9.17) is 4.74 Å². The molecule has 0 radical (unpaired) electrons. The number of ether oxygens (including phenoxy) is 1. The second kappa shape index (κ2) is 8.85. The number of likely N-dealkylation sites (N-methyl/N-ethyl adjacent to an activating group) is 1. The Bertz CT molecular complexity index is 1160. The monoisotopic (exact) mass is 493 g/mol. The number of carbonyl (C=O) groups excluding carboxylic acids is 3. The summed E-state index contributed by atoms with van der Waals surface area (Å²) in [7, 11) is 1.74. The molecule has 3 amide bonds. The number of carbonyl (C=O) groups is 3. The molecular weight excluding hydrogens is 458 g/mol. The number of likely N-dealkylation sites (tertiary alicyclic amines) is 1. The van der Waals surface area contributed by atoms with Crippen molar-refractivity contribution >= 4 is 23.4 Å². The van der Waals surface area contributed by atoms with Crippen LogP contribution in [0.25, 0.3) is 0 Å². The van der Waals surface area contributed by atoms with Gasteiger partial charge in [-0.25, -0.2) is 0 Å². The molecule has 0 aliphatic carbocycles. The predicted octanol–water partition coefficient (Wildman–Crippen LogP) is 1.98. The molecular formula is C28H35N3O5. The Morgan fingerprint density at radius 2 is 1.78 bits per heavy atom. The van der Waals surface area contributed by atoms with Gasteiger partial charge in [0.15, 0.2) is 0 Å². The third-order valence-corrected chi connectivity index (χ3v) is 8.35. The van der Waals surface area contributed by atoms with Gasteiger partial charge in [-0.05, 0) is 43.9 Å². The largest absolute Gasteiger partial charge is 0.396 e. The van der Waals surface area contributed by atoms with Gasteiger partial charge in [0.25, 0.3) is 5.91 Å². The summed E-state index contributed by atoms with van der Waals surface area (Å²) in [6.45, 7) is 6.81. The van der Waals surface area contributed by atoms with Crippen molar-refractivity contribution in [2.75, 3.05) is 38.2 Å². The minimum atomic E-state index is -1.27. The maximum Gasteiger partial charge on any atom is 0.253 e. The fourth-order valence-electron chi connectivity index (χ4n) is 6.59. The van der Waals surface area contributed by atoms with Crippen molar-refractivity contribution in [1.82, 2.24) is 9.80 Å². The van der Waals surface area contributed by atoms with Crippen LogP contribution in [0.1, 0.15) is 30.9 Å². The molecule has 8 nitrogen and oxygen atoms in total. The minimum absolute atomic E-state index is 0.105. The lowest BCUT2D eigenvalue weighted by Crippen LogP contribution is -2.56. The smallest absolute Gasteiger partial charge is 0.253 e. The summed E-state index contributed by atoms with van der Waals surface area (Å²) >= 11 is 0. The summed E-state index contributed by atoms with van der Waals surface area (Å²) in [4.78, 5) is 47.1. The molecule has 2 saturated heterocycles. The summed E-state index contributed by atoms with van der Waals surface area (Å²) in [5.41, 5.74) is 0.556. The molecule has 0 aromatic heterocycles. The minimum Gasteiger partial charge on any atom is -0.396 e. The van der Waals surface area contributed by atoms with Crippen LogP contribution in [0.2, 0.25) is 0 Å². The van der Waals surface area contributed by atoms with Crippen molar-refractivity contribution in [3.05, 3.63) is 53.6 Å². The number of hydrogen-bond donors (Lipinski definition) is 1. The van der Waals surface area contributed by atoms with Crippen LogP contribution in [0.3, 0.4) is 0 Å². The van der Waals surface area contributed by atoms with Crippen LogP contribution in [0.5, 0.6) is 0 Å². The lowest BCUT2D eigenvalue weighted by atomic mass is 9.73. The van der Waals surface area contributed by atoms with E-state index in [1.807, 2.05) is 63.3 Å². The molecule has 5 atom stereocenters. The van der Waals surface area contributed by atoms with Crippen molar-refractivity contribution in [3.63, 3.8) is 0 Å². The molecule has 2 fully saturated rings. The van der Waals surface area contributed by atoms with Crippen LogP contribution in [-0.4, -0.2) is 83.2 Å². The molecule has 1 spiro atoms. The number of aliphatic hydroxyl groups excluding tert-OH is 1. The number of fused-ring (bicyclic) bond motifs is 2. The zero-order chi connectivity index (χ0) is 25.8. The first-order chi connectivity index (χ1) is 17.2. The lowest BCUT2D eigenvalue weighted by Gasteiger charge is -2.38. The molecule has 1 aromatic rings. The maximum atomic E-state index is 14.4. The number of anilines is 1. The Morgan fingerprint density at radius 3 is 2.50 bits per heavy atom. The predicted molar refractivity (Wildman–Crippen MR) is 135 cm³/mol. The number of aliphatic hydroxyl groups is 1. The maximum absolute atomic E-state index is 14.4. The first-order valence-corrected chi connectivity index (χ1v) is 12.8. The molecule has 0 saturated carbocycles. The van der Waals surface area contributed by atoms with E-state index in [0.717, 1.165) is 16.8 Å². The highest BCUT2D eigenvalue weighted by molar-refractivity contribution is 6.06. The van der Waals surface area contributed by atoms with Gasteiger partial charge in [0.2, 0.25) is 11.8 Å². The topological polar surface area (TPSA) is 90.4 Å². The number of rotatable bonds is 5. The Balaban J connectivity index is 1.68. The zero-order valence-electron chi connectivity index (χ0n) is 21.4. The van der Waals surface area contributed by atoms with Gasteiger partial charge in [-0.15, -0.1) is 0 Å². The van der Waals surface area contributed by atoms with Gasteiger partial charge in [-0.3, -0.25) is 14.4 Å². The summed E-state index contributed by atoms with van der Waals surface area (Å²) in [5, 5.41) is 9.56. The van der Waals surface area contributed by atoms with Crippen LogP contribution in [0.4, 0.5) is 5.69 Å². The fraction of sp³-hybridized carbons (Fsp3) is 0.536. The Hall–Kier alpha value is -2.97. The van der Waals surface area contributed by atoms with E-state index in [9.17, 15) is 19.5 Å². The molecule has 1 unspecified atom stereocenters. The van der Waals surface area contributed by atoms with Crippen LogP contribution < -0.4 is 4.90 Å². The molecule has 8 heteroatoms. The number of benzene rings is 1. The van der Waals surface area contributed by atoms with Crippen molar-refractivity contribution in [2.24, 2.45) is 11.8 Å². The first kappa shape index (κ1) is 24.7. The van der Waals surface area contributed by atoms with Gasteiger partial charge in [-0.1, -0.05) is 43.4 Å². The summed E-state index contributed by atoms with van der Waals surface area (Å²) < 4.78 is 6.89. The van der Waals surface area contributed by atoms with Crippen molar-refractivity contribution < 1.29 is 24.2 Å². The van der Waals surface area contributed by atoms with E-state index in [2.05, 4.69) is 0 Å². The second-order valence-electron chi connectivity index (χ2n) is 10.5. The van der Waals surface area contributed by atoms with Gasteiger partial charge < -0.3 is 24.5 Å². The van der Waals surface area contributed by atoms with E-state index in [0.29, 0.717) is 25.9 Å². The van der Waals surface area contributed by atoms with Gasteiger partial charge in [-0.2, -0.15) is 0 Å². The average molecular weight is 494 g/mol. The third-order valence-electron chi connectivity index (χ3n) is 8.35. The Morgan fingerprint density at radius 1 is 1.03 bits per heavy atom. The van der Waals surface area contributed by atoms with E-state index in [1.54, 1.807) is 21.7 Å². The molecule has 5 rings (SSSR count). The third kappa shape index (κ3) is 3.38. The number of hydrogen-bond acceptors (Lipinski definition) is 5. The van der Waals surface area contributed by atoms with Crippen molar-refractivity contribution in [2.45, 2.75) is 50.9 Å². The number of nitrogens with zero attached hydrogens (tertiary/aromatic N) is 3. The van der Waals surface area contributed by atoms with E-state index in [1.165, 1.54) is 0 Å². The van der Waals surface area contributed by atoms with Crippen LogP contribution in [0.15, 0.2) is 42.5 Å². The molecule has 1 N–H and O–H groups in total. The van der Waals surface area contributed by atoms with Crippen molar-refractivity contribution in [3.8, 4) is 0 Å². The highest BCUT2D eigenvalue weighted by Crippen LogP contribution is 2.58.